The lowest BCUT2D eigenvalue weighted by molar-refractivity contribution is 0.489. The molecule has 0 aliphatic heterocycles. The molecule has 2 N–H and O–H groups in total. The molecule has 0 saturated heterocycles. The Labute approximate surface area is 93.7 Å². The Morgan fingerprint density at radius 1 is 1.47 bits per heavy atom. The number of hydrogen-bond donors (Lipinski definition) is 1. The standard InChI is InChI=1S/C12H15NOS/c1-9-6-8-15-12(9)11(13)5-4-10-3-2-7-14-10/h2-3,6-8,11H,4-5,13H2,1H3. The number of rotatable bonds is 4. The number of aryl methyl sites for hydroxylation is 2. The van der Waals surface area contributed by atoms with Gasteiger partial charge in [0.05, 0.1) is 6.26 Å². The summed E-state index contributed by atoms with van der Waals surface area (Å²) in [5.74, 6) is 1.01. The van der Waals surface area contributed by atoms with E-state index in [0.29, 0.717) is 0 Å². The van der Waals surface area contributed by atoms with Crippen LogP contribution in [0, 0.1) is 6.92 Å². The number of furan rings is 1. The second-order valence-electron chi connectivity index (χ2n) is 3.69. The van der Waals surface area contributed by atoms with Crippen LogP contribution in [0.15, 0.2) is 34.3 Å². The van der Waals surface area contributed by atoms with E-state index in [0.717, 1.165) is 18.6 Å². The molecular formula is C12H15NOS. The third kappa shape index (κ3) is 2.49. The van der Waals surface area contributed by atoms with Crippen molar-refractivity contribution in [2.24, 2.45) is 5.73 Å². The molecule has 2 aromatic rings. The van der Waals surface area contributed by atoms with Gasteiger partial charge in [-0.25, -0.2) is 0 Å². The van der Waals surface area contributed by atoms with Gasteiger partial charge in [-0.05, 0) is 42.5 Å². The first kappa shape index (κ1) is 10.5. The SMILES string of the molecule is Cc1ccsc1C(N)CCc1ccco1. The van der Waals surface area contributed by atoms with Crippen molar-refractivity contribution in [3.05, 3.63) is 46.0 Å². The Hall–Kier alpha value is -1.06. The Morgan fingerprint density at radius 2 is 2.33 bits per heavy atom. The predicted octanol–water partition coefficient (Wildman–Crippen LogP) is 3.28. The fraction of sp³-hybridized carbons (Fsp3) is 0.333. The summed E-state index contributed by atoms with van der Waals surface area (Å²) in [5.41, 5.74) is 7.42. The normalized spacial score (nSPS) is 12.9. The van der Waals surface area contributed by atoms with Crippen LogP contribution in [0.4, 0.5) is 0 Å². The molecule has 0 aliphatic carbocycles. The van der Waals surface area contributed by atoms with Gasteiger partial charge in [-0.3, -0.25) is 0 Å². The number of thiophene rings is 1. The molecule has 0 radical (unpaired) electrons. The quantitative estimate of drug-likeness (QED) is 0.860. The molecule has 2 heterocycles. The summed E-state index contributed by atoms with van der Waals surface area (Å²) in [4.78, 5) is 1.29. The summed E-state index contributed by atoms with van der Waals surface area (Å²) < 4.78 is 5.28. The number of hydrogen-bond acceptors (Lipinski definition) is 3. The van der Waals surface area contributed by atoms with E-state index >= 15 is 0 Å². The molecule has 15 heavy (non-hydrogen) atoms. The first-order valence-corrected chi connectivity index (χ1v) is 5.97. The summed E-state index contributed by atoms with van der Waals surface area (Å²) >= 11 is 1.74. The second-order valence-corrected chi connectivity index (χ2v) is 4.64. The van der Waals surface area contributed by atoms with E-state index in [9.17, 15) is 0 Å². The molecule has 1 unspecified atom stereocenters. The Balaban J connectivity index is 1.93. The fourth-order valence-corrected chi connectivity index (χ4v) is 2.61. The van der Waals surface area contributed by atoms with Gasteiger partial charge in [0.1, 0.15) is 5.76 Å². The van der Waals surface area contributed by atoms with Crippen molar-refractivity contribution in [3.8, 4) is 0 Å². The largest absolute Gasteiger partial charge is 0.469 e. The Kier molecular flexibility index (Phi) is 3.23. The molecule has 0 aromatic carbocycles. The lowest BCUT2D eigenvalue weighted by atomic mass is 10.1. The van der Waals surface area contributed by atoms with Gasteiger partial charge in [0.25, 0.3) is 0 Å². The summed E-state index contributed by atoms with van der Waals surface area (Å²) in [6.45, 7) is 2.11. The van der Waals surface area contributed by atoms with Crippen LogP contribution in [-0.2, 0) is 6.42 Å². The molecule has 0 fully saturated rings. The van der Waals surface area contributed by atoms with Crippen molar-refractivity contribution < 1.29 is 4.42 Å². The lowest BCUT2D eigenvalue weighted by Gasteiger charge is -2.09. The van der Waals surface area contributed by atoms with Gasteiger partial charge in [-0.1, -0.05) is 0 Å². The van der Waals surface area contributed by atoms with E-state index in [4.69, 9.17) is 10.2 Å². The molecular weight excluding hydrogens is 206 g/mol. The molecule has 3 heteroatoms. The maximum Gasteiger partial charge on any atom is 0.103 e. The molecule has 0 aliphatic rings. The second kappa shape index (κ2) is 4.64. The molecule has 1 atom stereocenters. The van der Waals surface area contributed by atoms with Gasteiger partial charge in [0.15, 0.2) is 0 Å². The topological polar surface area (TPSA) is 39.2 Å². The summed E-state index contributed by atoms with van der Waals surface area (Å²) in [6, 6.07) is 6.16. The average molecular weight is 221 g/mol. The molecule has 2 nitrogen and oxygen atoms in total. The van der Waals surface area contributed by atoms with Gasteiger partial charge in [0.2, 0.25) is 0 Å². The Bertz CT molecular complexity index is 405. The van der Waals surface area contributed by atoms with Crippen molar-refractivity contribution in [1.29, 1.82) is 0 Å². The van der Waals surface area contributed by atoms with Crippen LogP contribution >= 0.6 is 11.3 Å². The third-order valence-electron chi connectivity index (χ3n) is 2.52. The number of nitrogens with two attached hydrogens (primary N) is 1. The van der Waals surface area contributed by atoms with Crippen molar-refractivity contribution in [3.63, 3.8) is 0 Å². The first-order valence-electron chi connectivity index (χ1n) is 5.09. The molecule has 2 aromatic heterocycles. The highest BCUT2D eigenvalue weighted by atomic mass is 32.1. The van der Waals surface area contributed by atoms with Crippen molar-refractivity contribution in [1.82, 2.24) is 0 Å². The van der Waals surface area contributed by atoms with E-state index in [1.54, 1.807) is 17.6 Å². The highest BCUT2D eigenvalue weighted by molar-refractivity contribution is 7.10. The Morgan fingerprint density at radius 3 is 2.93 bits per heavy atom. The van der Waals surface area contributed by atoms with E-state index < -0.39 is 0 Å². The van der Waals surface area contributed by atoms with Gasteiger partial charge >= 0.3 is 0 Å². The highest BCUT2D eigenvalue weighted by Crippen LogP contribution is 2.25. The molecule has 0 bridgehead atoms. The average Bonchev–Trinajstić information content (AvgIpc) is 2.84. The molecule has 2 rings (SSSR count). The van der Waals surface area contributed by atoms with Crippen LogP contribution in [0.5, 0.6) is 0 Å². The zero-order chi connectivity index (χ0) is 10.7. The van der Waals surface area contributed by atoms with Gasteiger partial charge in [-0.15, -0.1) is 11.3 Å². The monoisotopic (exact) mass is 221 g/mol. The van der Waals surface area contributed by atoms with Crippen LogP contribution in [-0.4, -0.2) is 0 Å². The van der Waals surface area contributed by atoms with Gasteiger partial charge < -0.3 is 10.2 Å². The minimum atomic E-state index is 0.134. The van der Waals surface area contributed by atoms with E-state index in [1.807, 2.05) is 12.1 Å². The zero-order valence-electron chi connectivity index (χ0n) is 8.77. The van der Waals surface area contributed by atoms with Crippen LogP contribution in [0.25, 0.3) is 0 Å². The van der Waals surface area contributed by atoms with Gasteiger partial charge in [0, 0.05) is 17.3 Å². The first-order chi connectivity index (χ1) is 7.27. The highest BCUT2D eigenvalue weighted by Gasteiger charge is 2.10. The minimum Gasteiger partial charge on any atom is -0.469 e. The zero-order valence-corrected chi connectivity index (χ0v) is 9.59. The van der Waals surface area contributed by atoms with E-state index in [-0.39, 0.29) is 6.04 Å². The van der Waals surface area contributed by atoms with Gasteiger partial charge in [-0.2, -0.15) is 0 Å². The lowest BCUT2D eigenvalue weighted by Crippen LogP contribution is -2.10. The molecule has 0 spiro atoms. The fourth-order valence-electron chi connectivity index (χ4n) is 1.65. The van der Waals surface area contributed by atoms with Crippen molar-refractivity contribution in [2.45, 2.75) is 25.8 Å². The minimum absolute atomic E-state index is 0.134. The molecule has 0 saturated carbocycles. The van der Waals surface area contributed by atoms with Crippen LogP contribution in [0.1, 0.15) is 28.7 Å². The third-order valence-corrected chi connectivity index (χ3v) is 3.67. The summed E-state index contributed by atoms with van der Waals surface area (Å²) in [6.07, 6.45) is 3.55. The van der Waals surface area contributed by atoms with E-state index in [1.165, 1.54) is 10.4 Å². The smallest absolute Gasteiger partial charge is 0.103 e. The van der Waals surface area contributed by atoms with Crippen LogP contribution in [0.3, 0.4) is 0 Å². The van der Waals surface area contributed by atoms with Crippen LogP contribution < -0.4 is 5.73 Å². The maximum atomic E-state index is 6.13. The van der Waals surface area contributed by atoms with Crippen molar-refractivity contribution in [2.75, 3.05) is 0 Å². The molecule has 80 valence electrons. The summed E-state index contributed by atoms with van der Waals surface area (Å²) in [7, 11) is 0. The maximum absolute atomic E-state index is 6.13. The van der Waals surface area contributed by atoms with Crippen molar-refractivity contribution >= 4 is 11.3 Å². The van der Waals surface area contributed by atoms with E-state index in [2.05, 4.69) is 18.4 Å². The molecule has 0 amide bonds. The van der Waals surface area contributed by atoms with Crippen LogP contribution in [0.2, 0.25) is 0 Å². The predicted molar refractivity (Wildman–Crippen MR) is 63.0 cm³/mol. The summed E-state index contributed by atoms with van der Waals surface area (Å²) in [5, 5.41) is 2.09.